The predicted octanol–water partition coefficient (Wildman–Crippen LogP) is 6.67. The molecule has 1 aromatic heterocycles. The Morgan fingerprint density at radius 1 is 0.750 bits per heavy atom. The normalized spacial score (nSPS) is 11.2. The van der Waals surface area contributed by atoms with E-state index >= 15 is 0 Å². The summed E-state index contributed by atoms with van der Waals surface area (Å²) in [5.74, 6) is 0. The third kappa shape index (κ3) is 7.44. The lowest BCUT2D eigenvalue weighted by atomic mass is 10.1. The number of nitrogens with zero attached hydrogens (tertiary/aromatic N) is 1. The monoisotopic (exact) mass is 327 g/mol. The third-order valence-corrected chi connectivity index (χ3v) is 4.55. The average Bonchev–Trinajstić information content (AvgIpc) is 2.62. The SMILES string of the molecule is CCCCCCCCCCCCOCc1ccc2ccccc2n1. The zero-order chi connectivity index (χ0) is 16.9. The van der Waals surface area contributed by atoms with E-state index in [1.165, 1.54) is 69.6 Å². The summed E-state index contributed by atoms with van der Waals surface area (Å²) in [6.45, 7) is 3.76. The first-order valence-corrected chi connectivity index (χ1v) is 9.82. The summed E-state index contributed by atoms with van der Waals surface area (Å²) in [5, 5.41) is 1.19. The molecule has 2 aromatic rings. The summed E-state index contributed by atoms with van der Waals surface area (Å²) in [6, 6.07) is 12.4. The quantitative estimate of drug-likeness (QED) is 0.383. The van der Waals surface area contributed by atoms with E-state index in [9.17, 15) is 0 Å². The van der Waals surface area contributed by atoms with Gasteiger partial charge in [-0.3, -0.25) is 4.98 Å². The van der Waals surface area contributed by atoms with Crippen LogP contribution in [0.1, 0.15) is 76.8 Å². The van der Waals surface area contributed by atoms with Crippen molar-refractivity contribution in [1.82, 2.24) is 4.98 Å². The zero-order valence-corrected chi connectivity index (χ0v) is 15.3. The van der Waals surface area contributed by atoms with Gasteiger partial charge in [0.1, 0.15) is 0 Å². The van der Waals surface area contributed by atoms with Crippen LogP contribution in [0.15, 0.2) is 36.4 Å². The van der Waals surface area contributed by atoms with Gasteiger partial charge in [0, 0.05) is 12.0 Å². The molecule has 0 N–H and O–H groups in total. The number of para-hydroxylation sites is 1. The van der Waals surface area contributed by atoms with E-state index in [1.807, 2.05) is 12.1 Å². The molecule has 1 heterocycles. The van der Waals surface area contributed by atoms with Crippen LogP contribution in [0.5, 0.6) is 0 Å². The molecule has 0 saturated heterocycles. The molecule has 1 aromatic carbocycles. The minimum Gasteiger partial charge on any atom is -0.375 e. The Balaban J connectivity index is 1.46. The van der Waals surface area contributed by atoms with Gasteiger partial charge < -0.3 is 4.74 Å². The van der Waals surface area contributed by atoms with Gasteiger partial charge in [-0.05, 0) is 18.6 Å². The zero-order valence-electron chi connectivity index (χ0n) is 15.3. The molecule has 0 aliphatic heterocycles. The maximum Gasteiger partial charge on any atom is 0.0888 e. The Hall–Kier alpha value is -1.41. The topological polar surface area (TPSA) is 22.1 Å². The Labute approximate surface area is 147 Å². The van der Waals surface area contributed by atoms with E-state index in [2.05, 4.69) is 36.2 Å². The molecule has 0 bridgehead atoms. The standard InChI is InChI=1S/C22H33NO/c1-2-3-4-5-6-7-8-9-10-13-18-24-19-21-17-16-20-14-11-12-15-22(20)23-21/h11-12,14-17H,2-10,13,18-19H2,1H3. The molecule has 2 nitrogen and oxygen atoms in total. The van der Waals surface area contributed by atoms with Crippen LogP contribution in [0.25, 0.3) is 10.9 Å². The number of benzene rings is 1. The van der Waals surface area contributed by atoms with E-state index in [4.69, 9.17) is 4.74 Å². The third-order valence-electron chi connectivity index (χ3n) is 4.55. The molecule has 24 heavy (non-hydrogen) atoms. The highest BCUT2D eigenvalue weighted by molar-refractivity contribution is 5.78. The van der Waals surface area contributed by atoms with Gasteiger partial charge in [-0.1, -0.05) is 89.0 Å². The van der Waals surface area contributed by atoms with Crippen LogP contribution >= 0.6 is 0 Å². The lowest BCUT2D eigenvalue weighted by Crippen LogP contribution is -1.98. The van der Waals surface area contributed by atoms with Gasteiger partial charge in [0.15, 0.2) is 0 Å². The number of hydrogen-bond donors (Lipinski definition) is 0. The molecule has 132 valence electrons. The first-order valence-electron chi connectivity index (χ1n) is 9.82. The van der Waals surface area contributed by atoms with Crippen LogP contribution in [0, 0.1) is 0 Å². The Kier molecular flexibility index (Phi) is 9.48. The van der Waals surface area contributed by atoms with Gasteiger partial charge in [-0.2, -0.15) is 0 Å². The highest BCUT2D eigenvalue weighted by Gasteiger charge is 1.98. The molecule has 0 fully saturated rings. The van der Waals surface area contributed by atoms with E-state index < -0.39 is 0 Å². The second-order valence-electron chi connectivity index (χ2n) is 6.73. The molecule has 0 spiro atoms. The summed E-state index contributed by atoms with van der Waals surface area (Å²) < 4.78 is 5.78. The van der Waals surface area contributed by atoms with Crippen molar-refractivity contribution in [2.75, 3.05) is 6.61 Å². The van der Waals surface area contributed by atoms with Crippen LogP contribution in [-0.4, -0.2) is 11.6 Å². The molecule has 0 aliphatic rings. The molecular weight excluding hydrogens is 294 g/mol. The van der Waals surface area contributed by atoms with Crippen LogP contribution in [0.2, 0.25) is 0 Å². The molecule has 0 radical (unpaired) electrons. The molecular formula is C22H33NO. The van der Waals surface area contributed by atoms with Gasteiger partial charge in [0.25, 0.3) is 0 Å². The van der Waals surface area contributed by atoms with Gasteiger partial charge in [-0.25, -0.2) is 0 Å². The fraction of sp³-hybridized carbons (Fsp3) is 0.591. The smallest absolute Gasteiger partial charge is 0.0888 e. The molecule has 0 saturated carbocycles. The highest BCUT2D eigenvalue weighted by atomic mass is 16.5. The molecule has 0 unspecified atom stereocenters. The van der Waals surface area contributed by atoms with Crippen molar-refractivity contribution in [2.24, 2.45) is 0 Å². The Morgan fingerprint density at radius 3 is 2.17 bits per heavy atom. The Bertz CT molecular complexity index is 567. The van der Waals surface area contributed by atoms with E-state index in [1.54, 1.807) is 0 Å². The van der Waals surface area contributed by atoms with Crippen molar-refractivity contribution < 1.29 is 4.74 Å². The molecule has 0 atom stereocenters. The summed E-state index contributed by atoms with van der Waals surface area (Å²) >= 11 is 0. The van der Waals surface area contributed by atoms with Crippen LogP contribution in [0.4, 0.5) is 0 Å². The van der Waals surface area contributed by atoms with Crippen LogP contribution < -0.4 is 0 Å². The van der Waals surface area contributed by atoms with E-state index in [-0.39, 0.29) is 0 Å². The number of ether oxygens (including phenoxy) is 1. The number of pyridine rings is 1. The van der Waals surface area contributed by atoms with Crippen molar-refractivity contribution in [3.63, 3.8) is 0 Å². The first kappa shape index (κ1) is 18.9. The van der Waals surface area contributed by atoms with E-state index in [0.717, 1.165) is 17.8 Å². The maximum absolute atomic E-state index is 5.78. The van der Waals surface area contributed by atoms with Crippen molar-refractivity contribution in [1.29, 1.82) is 0 Å². The molecule has 2 rings (SSSR count). The number of unbranched alkanes of at least 4 members (excludes halogenated alkanes) is 9. The highest BCUT2D eigenvalue weighted by Crippen LogP contribution is 2.13. The minimum absolute atomic E-state index is 0.627. The number of aromatic nitrogens is 1. The molecule has 2 heteroatoms. The number of rotatable bonds is 13. The summed E-state index contributed by atoms with van der Waals surface area (Å²) in [6.07, 6.45) is 13.6. The predicted molar refractivity (Wildman–Crippen MR) is 103 cm³/mol. The van der Waals surface area contributed by atoms with Gasteiger partial charge in [0.2, 0.25) is 0 Å². The number of fused-ring (bicyclic) bond motifs is 1. The fourth-order valence-electron chi connectivity index (χ4n) is 3.06. The van der Waals surface area contributed by atoms with Crippen LogP contribution in [0.3, 0.4) is 0 Å². The second-order valence-corrected chi connectivity index (χ2v) is 6.73. The van der Waals surface area contributed by atoms with Crippen molar-refractivity contribution in [3.8, 4) is 0 Å². The minimum atomic E-state index is 0.627. The second kappa shape index (κ2) is 12.0. The number of hydrogen-bond acceptors (Lipinski definition) is 2. The lowest BCUT2D eigenvalue weighted by Gasteiger charge is -2.05. The maximum atomic E-state index is 5.78. The largest absolute Gasteiger partial charge is 0.375 e. The Morgan fingerprint density at radius 2 is 1.42 bits per heavy atom. The molecule has 0 amide bonds. The summed E-state index contributed by atoms with van der Waals surface area (Å²) in [7, 11) is 0. The average molecular weight is 328 g/mol. The van der Waals surface area contributed by atoms with Crippen LogP contribution in [-0.2, 0) is 11.3 Å². The lowest BCUT2D eigenvalue weighted by molar-refractivity contribution is 0.114. The van der Waals surface area contributed by atoms with Gasteiger partial charge in [0.05, 0.1) is 17.8 Å². The van der Waals surface area contributed by atoms with Crippen molar-refractivity contribution in [2.45, 2.75) is 77.7 Å². The van der Waals surface area contributed by atoms with Crippen molar-refractivity contribution >= 4 is 10.9 Å². The summed E-state index contributed by atoms with van der Waals surface area (Å²) in [4.78, 5) is 4.64. The van der Waals surface area contributed by atoms with Gasteiger partial charge in [-0.15, -0.1) is 0 Å². The van der Waals surface area contributed by atoms with Gasteiger partial charge >= 0.3 is 0 Å². The summed E-state index contributed by atoms with van der Waals surface area (Å²) in [5.41, 5.74) is 2.08. The molecule has 0 aliphatic carbocycles. The first-order chi connectivity index (χ1) is 11.9. The fourth-order valence-corrected chi connectivity index (χ4v) is 3.06. The van der Waals surface area contributed by atoms with Crippen molar-refractivity contribution in [3.05, 3.63) is 42.1 Å². The van der Waals surface area contributed by atoms with E-state index in [0.29, 0.717) is 6.61 Å².